The smallest absolute Gasteiger partial charge is 0.122 e. The maximum absolute atomic E-state index is 10.5. The fourth-order valence-corrected chi connectivity index (χ4v) is 2.22. The normalized spacial score (nSPS) is 14.8. The van der Waals surface area contributed by atoms with Crippen molar-refractivity contribution in [3.8, 4) is 5.75 Å². The van der Waals surface area contributed by atoms with E-state index in [1.165, 1.54) is 11.1 Å². The van der Waals surface area contributed by atoms with E-state index in [2.05, 4.69) is 32.9 Å². The molecule has 2 N–H and O–H groups in total. The zero-order valence-corrected chi connectivity index (χ0v) is 15.1. The van der Waals surface area contributed by atoms with Crippen molar-refractivity contribution < 1.29 is 10.2 Å². The summed E-state index contributed by atoms with van der Waals surface area (Å²) in [4.78, 5) is 0. The lowest BCUT2D eigenvalue weighted by Crippen LogP contribution is -2.19. The number of phenols is 1. The predicted octanol–water partition coefficient (Wildman–Crippen LogP) is 5.55. The minimum absolute atomic E-state index is 0.236. The second-order valence-corrected chi connectivity index (χ2v) is 6.83. The molecule has 126 valence electrons. The van der Waals surface area contributed by atoms with E-state index < -0.39 is 5.60 Å². The van der Waals surface area contributed by atoms with E-state index >= 15 is 0 Å². The van der Waals surface area contributed by atoms with Crippen LogP contribution in [0.4, 0.5) is 0 Å². The molecular weight excluding hydrogens is 284 g/mol. The Morgan fingerprint density at radius 3 is 2.52 bits per heavy atom. The second kappa shape index (κ2) is 8.73. The number of aliphatic hydroxyl groups is 1. The van der Waals surface area contributed by atoms with Crippen molar-refractivity contribution in [1.82, 2.24) is 0 Å². The quantitative estimate of drug-likeness (QED) is 0.648. The van der Waals surface area contributed by atoms with Crippen LogP contribution in [0.1, 0.15) is 58.1 Å². The summed E-state index contributed by atoms with van der Waals surface area (Å²) in [5, 5.41) is 20.3. The fourth-order valence-electron chi connectivity index (χ4n) is 2.22. The summed E-state index contributed by atoms with van der Waals surface area (Å²) in [5.41, 5.74) is 3.58. The summed E-state index contributed by atoms with van der Waals surface area (Å²) in [5.74, 6) is 0.236. The van der Waals surface area contributed by atoms with Crippen LogP contribution in [0.2, 0.25) is 0 Å². The van der Waals surface area contributed by atoms with Crippen LogP contribution in [0.15, 0.2) is 47.6 Å². The first-order valence-electron chi connectivity index (χ1n) is 8.20. The van der Waals surface area contributed by atoms with Gasteiger partial charge in [0.1, 0.15) is 5.75 Å². The van der Waals surface area contributed by atoms with Gasteiger partial charge in [-0.1, -0.05) is 47.1 Å². The molecule has 1 aromatic carbocycles. The molecule has 1 unspecified atom stereocenters. The maximum atomic E-state index is 10.5. The number of benzene rings is 1. The van der Waals surface area contributed by atoms with Crippen molar-refractivity contribution in [2.75, 3.05) is 0 Å². The van der Waals surface area contributed by atoms with Gasteiger partial charge in [-0.2, -0.15) is 0 Å². The molecule has 0 radical (unpaired) electrons. The van der Waals surface area contributed by atoms with E-state index in [0.29, 0.717) is 6.42 Å². The SMILES string of the molecule is CC(C)=CC/C(C)=C/CCC(C)(O)/C=C/c1cc(C)ccc1O. The fraction of sp³-hybridized carbons (Fsp3) is 0.429. The first kappa shape index (κ1) is 19.2. The van der Waals surface area contributed by atoms with Crippen LogP contribution in [-0.2, 0) is 0 Å². The van der Waals surface area contributed by atoms with E-state index in [-0.39, 0.29) is 5.75 Å². The Hall–Kier alpha value is -1.80. The van der Waals surface area contributed by atoms with Gasteiger partial charge >= 0.3 is 0 Å². The summed E-state index contributed by atoms with van der Waals surface area (Å²) >= 11 is 0. The molecule has 0 amide bonds. The van der Waals surface area contributed by atoms with Crippen molar-refractivity contribution in [3.63, 3.8) is 0 Å². The minimum Gasteiger partial charge on any atom is -0.507 e. The van der Waals surface area contributed by atoms with E-state index in [1.54, 1.807) is 25.1 Å². The average molecular weight is 314 g/mol. The molecular formula is C21H30O2. The number of hydrogen-bond acceptors (Lipinski definition) is 2. The largest absolute Gasteiger partial charge is 0.507 e. The Kier molecular flexibility index (Phi) is 7.31. The number of hydrogen-bond donors (Lipinski definition) is 2. The number of aryl methyl sites for hydroxylation is 1. The second-order valence-electron chi connectivity index (χ2n) is 6.83. The molecule has 0 aromatic heterocycles. The molecule has 0 saturated heterocycles. The lowest BCUT2D eigenvalue weighted by molar-refractivity contribution is 0.104. The molecule has 0 aliphatic rings. The van der Waals surface area contributed by atoms with Gasteiger partial charge in [-0.3, -0.25) is 0 Å². The molecule has 1 aromatic rings. The zero-order chi connectivity index (χ0) is 17.5. The molecule has 0 fully saturated rings. The number of phenolic OH excluding ortho intramolecular Hbond substituents is 1. The number of aromatic hydroxyl groups is 1. The van der Waals surface area contributed by atoms with Gasteiger partial charge in [0, 0.05) is 5.56 Å². The Balaban J connectivity index is 2.62. The third kappa shape index (κ3) is 7.85. The maximum Gasteiger partial charge on any atom is 0.122 e. The van der Waals surface area contributed by atoms with Gasteiger partial charge in [-0.25, -0.2) is 0 Å². The first-order chi connectivity index (χ1) is 10.7. The Morgan fingerprint density at radius 2 is 1.87 bits per heavy atom. The van der Waals surface area contributed by atoms with Gasteiger partial charge in [-0.05, 0) is 66.0 Å². The Labute approximate surface area is 140 Å². The lowest BCUT2D eigenvalue weighted by atomic mass is 9.97. The van der Waals surface area contributed by atoms with Crippen molar-refractivity contribution >= 4 is 6.08 Å². The highest BCUT2D eigenvalue weighted by Gasteiger charge is 2.15. The minimum atomic E-state index is -0.885. The van der Waals surface area contributed by atoms with Gasteiger partial charge in [0.15, 0.2) is 0 Å². The third-order valence-corrected chi connectivity index (χ3v) is 3.78. The topological polar surface area (TPSA) is 40.5 Å². The summed E-state index contributed by atoms with van der Waals surface area (Å²) < 4.78 is 0. The van der Waals surface area contributed by atoms with Crippen LogP contribution in [0.3, 0.4) is 0 Å². The molecule has 0 heterocycles. The molecule has 0 saturated carbocycles. The van der Waals surface area contributed by atoms with E-state index in [4.69, 9.17) is 0 Å². The summed E-state index contributed by atoms with van der Waals surface area (Å²) in [6.45, 7) is 10.1. The van der Waals surface area contributed by atoms with Crippen molar-refractivity contribution in [3.05, 3.63) is 58.7 Å². The molecule has 1 atom stereocenters. The molecule has 1 rings (SSSR count). The Morgan fingerprint density at radius 1 is 1.17 bits per heavy atom. The van der Waals surface area contributed by atoms with Gasteiger partial charge < -0.3 is 10.2 Å². The first-order valence-corrected chi connectivity index (χ1v) is 8.20. The molecule has 2 nitrogen and oxygen atoms in total. The lowest BCUT2D eigenvalue weighted by Gasteiger charge is -2.18. The molecule has 0 spiro atoms. The molecule has 23 heavy (non-hydrogen) atoms. The predicted molar refractivity (Wildman–Crippen MR) is 99.5 cm³/mol. The van der Waals surface area contributed by atoms with Gasteiger partial charge in [0.05, 0.1) is 5.60 Å². The van der Waals surface area contributed by atoms with Crippen LogP contribution >= 0.6 is 0 Å². The molecule has 0 aliphatic heterocycles. The zero-order valence-electron chi connectivity index (χ0n) is 15.1. The van der Waals surface area contributed by atoms with Crippen LogP contribution in [0, 0.1) is 6.92 Å². The standard InChI is InChI=1S/C21H30O2/c1-16(2)8-9-17(3)7-6-13-21(5,23)14-12-19-15-18(4)10-11-20(19)22/h7-8,10-12,14-15,22-23H,6,9,13H2,1-5H3/b14-12+,17-7+. The highest BCUT2D eigenvalue weighted by atomic mass is 16.3. The van der Waals surface area contributed by atoms with Crippen molar-refractivity contribution in [1.29, 1.82) is 0 Å². The van der Waals surface area contributed by atoms with Gasteiger partial charge in [-0.15, -0.1) is 0 Å². The van der Waals surface area contributed by atoms with Gasteiger partial charge in [0.2, 0.25) is 0 Å². The van der Waals surface area contributed by atoms with Crippen molar-refractivity contribution in [2.24, 2.45) is 0 Å². The van der Waals surface area contributed by atoms with E-state index in [0.717, 1.165) is 24.0 Å². The number of rotatable bonds is 7. The van der Waals surface area contributed by atoms with E-state index in [9.17, 15) is 10.2 Å². The molecule has 0 aliphatic carbocycles. The molecule has 2 heteroatoms. The Bertz CT molecular complexity index is 600. The molecule has 0 bridgehead atoms. The summed E-state index contributed by atoms with van der Waals surface area (Å²) in [7, 11) is 0. The van der Waals surface area contributed by atoms with Crippen LogP contribution in [0.25, 0.3) is 6.08 Å². The summed E-state index contributed by atoms with van der Waals surface area (Å²) in [6.07, 6.45) is 10.4. The van der Waals surface area contributed by atoms with Crippen molar-refractivity contribution in [2.45, 2.75) is 59.5 Å². The third-order valence-electron chi connectivity index (χ3n) is 3.78. The summed E-state index contributed by atoms with van der Waals surface area (Å²) in [6, 6.07) is 5.45. The van der Waals surface area contributed by atoms with Crippen LogP contribution in [-0.4, -0.2) is 15.8 Å². The average Bonchev–Trinajstić information content (AvgIpc) is 2.46. The number of allylic oxidation sites excluding steroid dienone is 4. The van der Waals surface area contributed by atoms with Gasteiger partial charge in [0.25, 0.3) is 0 Å². The van der Waals surface area contributed by atoms with Crippen LogP contribution < -0.4 is 0 Å². The van der Waals surface area contributed by atoms with Crippen LogP contribution in [0.5, 0.6) is 5.75 Å². The highest BCUT2D eigenvalue weighted by Crippen LogP contribution is 2.23. The monoisotopic (exact) mass is 314 g/mol. The van der Waals surface area contributed by atoms with E-state index in [1.807, 2.05) is 19.1 Å². The highest BCUT2D eigenvalue weighted by molar-refractivity contribution is 5.58.